The molecule has 1 heterocycles. The highest BCUT2D eigenvalue weighted by Crippen LogP contribution is 2.17. The number of hydrogen-bond donors (Lipinski definition) is 1. The van der Waals surface area contributed by atoms with Gasteiger partial charge >= 0.3 is 0 Å². The fraction of sp³-hybridized carbons (Fsp3) is 0.545. The Balaban J connectivity index is 2.40. The lowest BCUT2D eigenvalue weighted by Crippen LogP contribution is -2.13. The van der Waals surface area contributed by atoms with Crippen molar-refractivity contribution in [2.75, 3.05) is 13.2 Å². The van der Waals surface area contributed by atoms with Crippen LogP contribution in [0, 0.1) is 5.82 Å². The van der Waals surface area contributed by atoms with Crippen LogP contribution in [0.3, 0.4) is 0 Å². The van der Waals surface area contributed by atoms with E-state index in [0.717, 1.165) is 12.8 Å². The van der Waals surface area contributed by atoms with Crippen molar-refractivity contribution >= 4 is 0 Å². The molecule has 0 aromatic carbocycles. The van der Waals surface area contributed by atoms with Crippen LogP contribution in [0.1, 0.15) is 31.4 Å². The molecule has 1 aromatic heterocycles. The molecule has 1 unspecified atom stereocenters. The third-order valence-corrected chi connectivity index (χ3v) is 2.21. The highest BCUT2D eigenvalue weighted by atomic mass is 19.1. The van der Waals surface area contributed by atoms with Crippen molar-refractivity contribution in [1.82, 2.24) is 4.98 Å². The molecule has 0 aliphatic heterocycles. The van der Waals surface area contributed by atoms with E-state index in [2.05, 4.69) is 4.98 Å². The zero-order chi connectivity index (χ0) is 11.1. The summed E-state index contributed by atoms with van der Waals surface area (Å²) in [5.74, 6) is -0.332. The number of nitrogens with zero attached hydrogens (tertiary/aromatic N) is 1. The molecule has 1 atom stereocenters. The van der Waals surface area contributed by atoms with Gasteiger partial charge in [0.05, 0.1) is 6.20 Å². The molecule has 3 nitrogen and oxygen atoms in total. The number of halogens is 1. The summed E-state index contributed by atoms with van der Waals surface area (Å²) < 4.78 is 18.4. The molecule has 15 heavy (non-hydrogen) atoms. The van der Waals surface area contributed by atoms with Crippen molar-refractivity contribution < 1.29 is 9.13 Å². The second-order valence-corrected chi connectivity index (χ2v) is 3.34. The third kappa shape index (κ3) is 3.93. The highest BCUT2D eigenvalue weighted by molar-refractivity contribution is 5.16. The molecule has 84 valence electrons. The summed E-state index contributed by atoms with van der Waals surface area (Å²) in [4.78, 5) is 3.68. The molecule has 0 amide bonds. The van der Waals surface area contributed by atoms with Crippen molar-refractivity contribution in [2.24, 2.45) is 5.73 Å². The molecule has 0 saturated heterocycles. The number of aromatic nitrogens is 1. The Hall–Kier alpha value is -1.00. The van der Waals surface area contributed by atoms with Crippen molar-refractivity contribution in [2.45, 2.75) is 25.8 Å². The molecule has 0 bridgehead atoms. The average Bonchev–Trinajstić information content (AvgIpc) is 2.25. The van der Waals surface area contributed by atoms with Crippen LogP contribution in [-0.4, -0.2) is 18.2 Å². The average molecular weight is 212 g/mol. The molecule has 0 radical (unpaired) electrons. The van der Waals surface area contributed by atoms with Gasteiger partial charge in [0.1, 0.15) is 5.82 Å². The van der Waals surface area contributed by atoms with E-state index >= 15 is 0 Å². The van der Waals surface area contributed by atoms with Gasteiger partial charge in [0.25, 0.3) is 0 Å². The van der Waals surface area contributed by atoms with Crippen LogP contribution in [0.4, 0.5) is 4.39 Å². The number of rotatable bonds is 6. The van der Waals surface area contributed by atoms with Gasteiger partial charge in [-0.25, -0.2) is 4.39 Å². The van der Waals surface area contributed by atoms with Gasteiger partial charge in [0.2, 0.25) is 0 Å². The summed E-state index contributed by atoms with van der Waals surface area (Å²) >= 11 is 0. The lowest BCUT2D eigenvalue weighted by molar-refractivity contribution is 0.142. The van der Waals surface area contributed by atoms with Crippen molar-refractivity contribution in [3.8, 4) is 0 Å². The van der Waals surface area contributed by atoms with E-state index in [1.54, 1.807) is 12.3 Å². The molecule has 2 N–H and O–H groups in total. The first kappa shape index (κ1) is 12.1. The van der Waals surface area contributed by atoms with Crippen LogP contribution in [-0.2, 0) is 4.74 Å². The SMILES string of the molecule is CCOCCCC(N)c1ccncc1F. The Bertz CT molecular complexity index is 294. The monoisotopic (exact) mass is 212 g/mol. The van der Waals surface area contributed by atoms with Gasteiger partial charge in [0.15, 0.2) is 0 Å². The Morgan fingerprint density at radius 3 is 3.07 bits per heavy atom. The maximum atomic E-state index is 13.2. The van der Waals surface area contributed by atoms with Gasteiger partial charge in [-0.1, -0.05) is 0 Å². The summed E-state index contributed by atoms with van der Waals surface area (Å²) in [7, 11) is 0. The van der Waals surface area contributed by atoms with E-state index in [-0.39, 0.29) is 11.9 Å². The first-order valence-corrected chi connectivity index (χ1v) is 5.18. The van der Waals surface area contributed by atoms with Gasteiger partial charge < -0.3 is 10.5 Å². The van der Waals surface area contributed by atoms with Gasteiger partial charge in [-0.2, -0.15) is 0 Å². The second kappa shape index (κ2) is 6.48. The number of hydrogen-bond acceptors (Lipinski definition) is 3. The van der Waals surface area contributed by atoms with Gasteiger partial charge in [0, 0.05) is 31.0 Å². The standard InChI is InChI=1S/C11H17FN2O/c1-2-15-7-3-4-11(13)9-5-6-14-8-10(9)12/h5-6,8,11H,2-4,7,13H2,1H3. The molecule has 1 aromatic rings. The fourth-order valence-corrected chi connectivity index (χ4v) is 1.39. The summed E-state index contributed by atoms with van der Waals surface area (Å²) in [5.41, 5.74) is 6.38. The molecule has 0 fully saturated rings. The van der Waals surface area contributed by atoms with Gasteiger partial charge in [-0.3, -0.25) is 4.98 Å². The number of pyridine rings is 1. The van der Waals surface area contributed by atoms with E-state index in [1.807, 2.05) is 6.92 Å². The van der Waals surface area contributed by atoms with E-state index in [0.29, 0.717) is 18.8 Å². The van der Waals surface area contributed by atoms with E-state index in [4.69, 9.17) is 10.5 Å². The highest BCUT2D eigenvalue weighted by Gasteiger charge is 2.10. The van der Waals surface area contributed by atoms with Crippen LogP contribution in [0.2, 0.25) is 0 Å². The number of ether oxygens (including phenoxy) is 1. The minimum Gasteiger partial charge on any atom is -0.382 e. The van der Waals surface area contributed by atoms with Gasteiger partial charge in [-0.05, 0) is 25.8 Å². The summed E-state index contributed by atoms with van der Waals surface area (Å²) in [6, 6.07) is 1.36. The minimum atomic E-state index is -0.332. The summed E-state index contributed by atoms with van der Waals surface area (Å²) in [6.45, 7) is 3.33. The zero-order valence-electron chi connectivity index (χ0n) is 8.95. The van der Waals surface area contributed by atoms with Crippen LogP contribution < -0.4 is 5.73 Å². The molecule has 4 heteroatoms. The third-order valence-electron chi connectivity index (χ3n) is 2.21. The van der Waals surface area contributed by atoms with Crippen LogP contribution in [0.25, 0.3) is 0 Å². The van der Waals surface area contributed by atoms with Crippen molar-refractivity contribution in [3.63, 3.8) is 0 Å². The molecule has 0 saturated carbocycles. The van der Waals surface area contributed by atoms with Gasteiger partial charge in [-0.15, -0.1) is 0 Å². The molecule has 1 rings (SSSR count). The first-order valence-electron chi connectivity index (χ1n) is 5.18. The normalized spacial score (nSPS) is 12.7. The molecule has 0 aliphatic rings. The lowest BCUT2D eigenvalue weighted by atomic mass is 10.0. The Kier molecular flexibility index (Phi) is 5.21. The maximum Gasteiger partial charge on any atom is 0.146 e. The van der Waals surface area contributed by atoms with Crippen LogP contribution in [0.5, 0.6) is 0 Å². The predicted octanol–water partition coefficient (Wildman–Crippen LogP) is 2.04. The fourth-order valence-electron chi connectivity index (χ4n) is 1.39. The Morgan fingerprint density at radius 2 is 2.40 bits per heavy atom. The van der Waals surface area contributed by atoms with Crippen LogP contribution >= 0.6 is 0 Å². The summed E-state index contributed by atoms with van der Waals surface area (Å²) in [6.07, 6.45) is 4.32. The second-order valence-electron chi connectivity index (χ2n) is 3.34. The molecular weight excluding hydrogens is 195 g/mol. The molecule has 0 spiro atoms. The molecule has 0 aliphatic carbocycles. The topological polar surface area (TPSA) is 48.1 Å². The summed E-state index contributed by atoms with van der Waals surface area (Å²) in [5, 5.41) is 0. The largest absolute Gasteiger partial charge is 0.382 e. The van der Waals surface area contributed by atoms with Crippen LogP contribution in [0.15, 0.2) is 18.5 Å². The van der Waals surface area contributed by atoms with E-state index in [9.17, 15) is 4.39 Å². The molecular formula is C11H17FN2O. The number of nitrogens with two attached hydrogens (primary N) is 1. The van der Waals surface area contributed by atoms with Crippen molar-refractivity contribution in [3.05, 3.63) is 29.8 Å². The Labute approximate surface area is 89.5 Å². The maximum absolute atomic E-state index is 13.2. The quantitative estimate of drug-likeness (QED) is 0.734. The first-order chi connectivity index (χ1) is 7.25. The Morgan fingerprint density at radius 1 is 1.60 bits per heavy atom. The lowest BCUT2D eigenvalue weighted by Gasteiger charge is -2.12. The minimum absolute atomic E-state index is 0.270. The smallest absolute Gasteiger partial charge is 0.146 e. The van der Waals surface area contributed by atoms with E-state index in [1.165, 1.54) is 6.20 Å². The van der Waals surface area contributed by atoms with Crippen molar-refractivity contribution in [1.29, 1.82) is 0 Å². The predicted molar refractivity (Wildman–Crippen MR) is 56.9 cm³/mol. The van der Waals surface area contributed by atoms with E-state index < -0.39 is 0 Å². The zero-order valence-corrected chi connectivity index (χ0v) is 8.95.